The van der Waals surface area contributed by atoms with Crippen LogP contribution in [0.2, 0.25) is 5.02 Å². The maximum Gasteiger partial charge on any atom is 0.123 e. The standard InChI is InChI=1S/C16H18ClFN2/c1-3-19-11-12-5-4-6-15(17)16(12)20(2)14-9-7-13(18)8-10-14/h4-10,19H,3,11H2,1-2H3. The average Bonchev–Trinajstić information content (AvgIpc) is 2.45. The van der Waals surface area contributed by atoms with E-state index in [2.05, 4.69) is 12.2 Å². The molecule has 0 aromatic heterocycles. The van der Waals surface area contributed by atoms with Gasteiger partial charge in [0.05, 0.1) is 10.7 Å². The second-order valence-electron chi connectivity index (χ2n) is 4.56. The first kappa shape index (κ1) is 14.8. The summed E-state index contributed by atoms with van der Waals surface area (Å²) in [4.78, 5) is 1.98. The molecule has 0 amide bonds. The molecule has 2 aromatic rings. The Labute approximate surface area is 124 Å². The minimum Gasteiger partial charge on any atom is -0.343 e. The Morgan fingerprint density at radius 3 is 2.50 bits per heavy atom. The smallest absolute Gasteiger partial charge is 0.123 e. The molecule has 0 heterocycles. The zero-order valence-electron chi connectivity index (χ0n) is 11.7. The van der Waals surface area contributed by atoms with E-state index in [1.165, 1.54) is 12.1 Å². The van der Waals surface area contributed by atoms with Gasteiger partial charge in [0.25, 0.3) is 0 Å². The third kappa shape index (κ3) is 3.30. The maximum atomic E-state index is 13.0. The molecule has 1 N–H and O–H groups in total. The number of halogens is 2. The van der Waals surface area contributed by atoms with Crippen LogP contribution in [0.3, 0.4) is 0 Å². The van der Waals surface area contributed by atoms with Gasteiger partial charge in [0.2, 0.25) is 0 Å². The van der Waals surface area contributed by atoms with Crippen molar-refractivity contribution in [1.82, 2.24) is 5.32 Å². The van der Waals surface area contributed by atoms with Crippen LogP contribution in [0.1, 0.15) is 12.5 Å². The van der Waals surface area contributed by atoms with Gasteiger partial charge in [-0.1, -0.05) is 30.7 Å². The fraction of sp³-hybridized carbons (Fsp3) is 0.250. The number of hydrogen-bond acceptors (Lipinski definition) is 2. The quantitative estimate of drug-likeness (QED) is 0.881. The molecule has 2 aromatic carbocycles. The lowest BCUT2D eigenvalue weighted by Gasteiger charge is -2.24. The van der Waals surface area contributed by atoms with E-state index in [9.17, 15) is 4.39 Å². The van der Waals surface area contributed by atoms with Crippen LogP contribution < -0.4 is 10.2 Å². The van der Waals surface area contributed by atoms with E-state index in [0.29, 0.717) is 5.02 Å². The molecule has 0 spiro atoms. The van der Waals surface area contributed by atoms with Gasteiger partial charge < -0.3 is 10.2 Å². The summed E-state index contributed by atoms with van der Waals surface area (Å²) in [5.74, 6) is -0.241. The number of hydrogen-bond donors (Lipinski definition) is 1. The highest BCUT2D eigenvalue weighted by Gasteiger charge is 2.13. The van der Waals surface area contributed by atoms with Gasteiger partial charge in [-0.05, 0) is 42.4 Å². The van der Waals surface area contributed by atoms with Crippen molar-refractivity contribution in [2.45, 2.75) is 13.5 Å². The molecule has 0 aliphatic rings. The molecule has 2 rings (SSSR count). The Bertz CT molecular complexity index is 569. The topological polar surface area (TPSA) is 15.3 Å². The van der Waals surface area contributed by atoms with E-state index >= 15 is 0 Å². The predicted molar refractivity (Wildman–Crippen MR) is 83.3 cm³/mol. The minimum atomic E-state index is -0.241. The second kappa shape index (κ2) is 6.73. The molecule has 106 valence electrons. The Morgan fingerprint density at radius 1 is 1.15 bits per heavy atom. The van der Waals surface area contributed by atoms with Crippen molar-refractivity contribution in [1.29, 1.82) is 0 Å². The molecular weight excluding hydrogens is 275 g/mol. The lowest BCUT2D eigenvalue weighted by atomic mass is 10.1. The maximum absolute atomic E-state index is 13.0. The molecule has 0 aliphatic carbocycles. The fourth-order valence-electron chi connectivity index (χ4n) is 2.13. The molecule has 0 saturated heterocycles. The van der Waals surface area contributed by atoms with E-state index in [-0.39, 0.29) is 5.82 Å². The van der Waals surface area contributed by atoms with Crippen LogP contribution in [0.25, 0.3) is 0 Å². The molecule has 0 bridgehead atoms. The van der Waals surface area contributed by atoms with Gasteiger partial charge in [-0.3, -0.25) is 0 Å². The van der Waals surface area contributed by atoms with Crippen LogP contribution in [-0.2, 0) is 6.54 Å². The Hall–Kier alpha value is -1.58. The van der Waals surface area contributed by atoms with Gasteiger partial charge in [0, 0.05) is 19.3 Å². The molecule has 0 aliphatic heterocycles. The molecule has 2 nitrogen and oxygen atoms in total. The average molecular weight is 293 g/mol. The Balaban J connectivity index is 2.37. The lowest BCUT2D eigenvalue weighted by molar-refractivity contribution is 0.628. The second-order valence-corrected chi connectivity index (χ2v) is 4.97. The summed E-state index contributed by atoms with van der Waals surface area (Å²) >= 11 is 6.34. The molecule has 4 heteroatoms. The van der Waals surface area contributed by atoms with E-state index in [0.717, 1.165) is 30.0 Å². The van der Waals surface area contributed by atoms with Gasteiger partial charge in [-0.15, -0.1) is 0 Å². The van der Waals surface area contributed by atoms with Crippen molar-refractivity contribution in [2.24, 2.45) is 0 Å². The van der Waals surface area contributed by atoms with Gasteiger partial charge in [-0.2, -0.15) is 0 Å². The third-order valence-electron chi connectivity index (χ3n) is 3.19. The minimum absolute atomic E-state index is 0.241. The lowest BCUT2D eigenvalue weighted by Crippen LogP contribution is -2.17. The first-order chi connectivity index (χ1) is 9.63. The van der Waals surface area contributed by atoms with Crippen molar-refractivity contribution in [3.05, 3.63) is 58.9 Å². The molecule has 0 radical (unpaired) electrons. The normalized spacial score (nSPS) is 10.6. The monoisotopic (exact) mass is 292 g/mol. The van der Waals surface area contributed by atoms with Crippen LogP contribution in [-0.4, -0.2) is 13.6 Å². The zero-order valence-corrected chi connectivity index (χ0v) is 12.4. The summed E-state index contributed by atoms with van der Waals surface area (Å²) in [6.45, 7) is 3.71. The molecular formula is C16H18ClFN2. The molecule has 20 heavy (non-hydrogen) atoms. The van der Waals surface area contributed by atoms with E-state index < -0.39 is 0 Å². The number of rotatable bonds is 5. The van der Waals surface area contributed by atoms with Crippen molar-refractivity contribution >= 4 is 23.0 Å². The summed E-state index contributed by atoms with van der Waals surface area (Å²) in [5.41, 5.74) is 2.96. The van der Waals surface area contributed by atoms with Crippen molar-refractivity contribution in [3.8, 4) is 0 Å². The van der Waals surface area contributed by atoms with E-state index in [1.54, 1.807) is 12.1 Å². The largest absolute Gasteiger partial charge is 0.343 e. The highest BCUT2D eigenvalue weighted by Crippen LogP contribution is 2.33. The first-order valence-electron chi connectivity index (χ1n) is 6.61. The summed E-state index contributed by atoms with van der Waals surface area (Å²) < 4.78 is 13.0. The number of nitrogens with one attached hydrogen (secondary N) is 1. The highest BCUT2D eigenvalue weighted by atomic mass is 35.5. The van der Waals surface area contributed by atoms with Gasteiger partial charge >= 0.3 is 0 Å². The summed E-state index contributed by atoms with van der Waals surface area (Å²) in [7, 11) is 1.93. The molecule has 0 unspecified atom stereocenters. The van der Waals surface area contributed by atoms with E-state index in [1.807, 2.05) is 30.1 Å². The van der Waals surface area contributed by atoms with Gasteiger partial charge in [0.15, 0.2) is 0 Å². The first-order valence-corrected chi connectivity index (χ1v) is 6.98. The van der Waals surface area contributed by atoms with Crippen molar-refractivity contribution in [2.75, 3.05) is 18.5 Å². The number of para-hydroxylation sites is 1. The van der Waals surface area contributed by atoms with Crippen molar-refractivity contribution < 1.29 is 4.39 Å². The zero-order chi connectivity index (χ0) is 14.5. The molecule has 0 saturated carbocycles. The predicted octanol–water partition coefficient (Wildman–Crippen LogP) is 4.36. The molecule has 0 fully saturated rings. The van der Waals surface area contributed by atoms with Crippen LogP contribution >= 0.6 is 11.6 Å². The number of benzene rings is 2. The Morgan fingerprint density at radius 2 is 1.85 bits per heavy atom. The third-order valence-corrected chi connectivity index (χ3v) is 3.49. The van der Waals surface area contributed by atoms with E-state index in [4.69, 9.17) is 11.6 Å². The van der Waals surface area contributed by atoms with Crippen LogP contribution in [0.5, 0.6) is 0 Å². The SMILES string of the molecule is CCNCc1cccc(Cl)c1N(C)c1ccc(F)cc1. The fourth-order valence-corrected chi connectivity index (χ4v) is 2.45. The summed E-state index contributed by atoms with van der Waals surface area (Å²) in [6, 6.07) is 12.2. The molecule has 0 atom stereocenters. The van der Waals surface area contributed by atoms with Crippen LogP contribution in [0, 0.1) is 5.82 Å². The highest BCUT2D eigenvalue weighted by molar-refractivity contribution is 6.33. The van der Waals surface area contributed by atoms with Crippen LogP contribution in [0.4, 0.5) is 15.8 Å². The van der Waals surface area contributed by atoms with Crippen molar-refractivity contribution in [3.63, 3.8) is 0 Å². The Kier molecular flexibility index (Phi) is 4.99. The van der Waals surface area contributed by atoms with Gasteiger partial charge in [-0.25, -0.2) is 4.39 Å². The summed E-state index contributed by atoms with van der Waals surface area (Å²) in [6.07, 6.45) is 0. The number of nitrogens with zero attached hydrogens (tertiary/aromatic N) is 1. The summed E-state index contributed by atoms with van der Waals surface area (Å²) in [5, 5.41) is 3.99. The van der Waals surface area contributed by atoms with Gasteiger partial charge in [0.1, 0.15) is 5.82 Å². The number of anilines is 2. The van der Waals surface area contributed by atoms with Crippen LogP contribution in [0.15, 0.2) is 42.5 Å².